The van der Waals surface area contributed by atoms with Gasteiger partial charge < -0.3 is 0 Å². The number of Topliss-reactive ketones (excluding diaryl/α,β-unsaturated/α-hetero) is 1. The van der Waals surface area contributed by atoms with Crippen molar-refractivity contribution in [3.05, 3.63) is 50.6 Å². The number of alkyl halides is 1. The monoisotopic (exact) mass is 434 g/mol. The standard InChI is InChI=1S/C13H8I2O/c14-10-6-11(15)13(16)9-5-7-3-1-2-4-8(7)12(9)10/h1-4,6,11H,5H2. The van der Waals surface area contributed by atoms with Crippen molar-refractivity contribution in [1.29, 1.82) is 0 Å². The SMILES string of the molecule is O=C1C2=C(C(I)=CC1I)c1ccccc1C2. The Balaban J connectivity index is 2.22. The van der Waals surface area contributed by atoms with Gasteiger partial charge >= 0.3 is 0 Å². The number of fused-ring (bicyclic) bond motifs is 2. The molecular formula is C13H8I2O. The third kappa shape index (κ3) is 1.51. The maximum absolute atomic E-state index is 12.1. The summed E-state index contributed by atoms with van der Waals surface area (Å²) in [6.07, 6.45) is 2.87. The first-order chi connectivity index (χ1) is 7.68. The van der Waals surface area contributed by atoms with E-state index >= 15 is 0 Å². The van der Waals surface area contributed by atoms with Gasteiger partial charge in [-0.15, -0.1) is 0 Å². The molecule has 0 heterocycles. The average Bonchev–Trinajstić information content (AvgIpc) is 2.65. The zero-order valence-electron chi connectivity index (χ0n) is 8.34. The Kier molecular flexibility index (Phi) is 2.70. The molecule has 1 unspecified atom stereocenters. The Morgan fingerprint density at radius 3 is 2.81 bits per heavy atom. The molecule has 0 saturated carbocycles. The predicted octanol–water partition coefficient (Wildman–Crippen LogP) is 3.70. The molecule has 2 aliphatic rings. The molecule has 16 heavy (non-hydrogen) atoms. The fraction of sp³-hybridized carbons (Fsp3) is 0.154. The summed E-state index contributed by atoms with van der Waals surface area (Å²) in [6, 6.07) is 8.32. The van der Waals surface area contributed by atoms with Gasteiger partial charge in [-0.05, 0) is 39.8 Å². The first-order valence-electron chi connectivity index (χ1n) is 5.06. The Labute approximate surface area is 121 Å². The molecule has 1 nitrogen and oxygen atoms in total. The van der Waals surface area contributed by atoms with Crippen LogP contribution in [0, 0.1) is 0 Å². The highest BCUT2D eigenvalue weighted by Gasteiger charge is 2.33. The summed E-state index contributed by atoms with van der Waals surface area (Å²) in [5.41, 5.74) is 4.71. The first kappa shape index (κ1) is 11.0. The van der Waals surface area contributed by atoms with Crippen LogP contribution in [0.3, 0.4) is 0 Å². The summed E-state index contributed by atoms with van der Waals surface area (Å²) >= 11 is 4.55. The van der Waals surface area contributed by atoms with Crippen LogP contribution < -0.4 is 0 Å². The van der Waals surface area contributed by atoms with Crippen LogP contribution >= 0.6 is 45.2 Å². The van der Waals surface area contributed by atoms with Crippen LogP contribution in [0.5, 0.6) is 0 Å². The van der Waals surface area contributed by atoms with Crippen molar-refractivity contribution in [3.63, 3.8) is 0 Å². The van der Waals surface area contributed by atoms with Crippen LogP contribution in [0.15, 0.2) is 39.5 Å². The molecule has 80 valence electrons. The second kappa shape index (κ2) is 3.94. The summed E-state index contributed by atoms with van der Waals surface area (Å²) < 4.78 is 1.23. The molecule has 0 saturated heterocycles. The number of halogens is 2. The molecule has 2 aliphatic carbocycles. The zero-order chi connectivity index (χ0) is 11.3. The molecule has 0 bridgehead atoms. The normalized spacial score (nSPS) is 23.0. The van der Waals surface area contributed by atoms with Crippen molar-refractivity contribution in [2.75, 3.05) is 0 Å². The number of ketones is 1. The minimum Gasteiger partial charge on any atom is -0.293 e. The van der Waals surface area contributed by atoms with Crippen molar-refractivity contribution in [2.45, 2.75) is 10.3 Å². The predicted molar refractivity (Wildman–Crippen MR) is 82.0 cm³/mol. The lowest BCUT2D eigenvalue weighted by atomic mass is 9.97. The average molecular weight is 434 g/mol. The molecule has 0 aliphatic heterocycles. The Bertz CT molecular complexity index is 555. The second-order valence-electron chi connectivity index (χ2n) is 3.97. The van der Waals surface area contributed by atoms with E-state index in [1.807, 2.05) is 12.1 Å². The number of carbonyl (C=O) groups is 1. The van der Waals surface area contributed by atoms with Crippen LogP contribution in [-0.4, -0.2) is 9.71 Å². The van der Waals surface area contributed by atoms with Gasteiger partial charge in [0.15, 0.2) is 5.78 Å². The van der Waals surface area contributed by atoms with E-state index in [-0.39, 0.29) is 9.71 Å². The van der Waals surface area contributed by atoms with Crippen LogP contribution in [0.4, 0.5) is 0 Å². The maximum Gasteiger partial charge on any atom is 0.176 e. The van der Waals surface area contributed by atoms with E-state index in [4.69, 9.17) is 0 Å². The molecular weight excluding hydrogens is 426 g/mol. The topological polar surface area (TPSA) is 17.1 Å². The van der Waals surface area contributed by atoms with E-state index in [1.54, 1.807) is 0 Å². The highest BCUT2D eigenvalue weighted by molar-refractivity contribution is 14.1. The van der Waals surface area contributed by atoms with E-state index < -0.39 is 0 Å². The van der Waals surface area contributed by atoms with Crippen molar-refractivity contribution in [1.82, 2.24) is 0 Å². The highest BCUT2D eigenvalue weighted by atomic mass is 127. The van der Waals surface area contributed by atoms with Gasteiger partial charge in [0.05, 0.1) is 3.92 Å². The number of rotatable bonds is 0. The Morgan fingerprint density at radius 2 is 2.00 bits per heavy atom. The first-order valence-corrected chi connectivity index (χ1v) is 7.38. The fourth-order valence-corrected chi connectivity index (χ4v) is 4.70. The molecule has 0 spiro atoms. The van der Waals surface area contributed by atoms with Crippen molar-refractivity contribution in [2.24, 2.45) is 0 Å². The van der Waals surface area contributed by atoms with E-state index in [2.05, 4.69) is 63.4 Å². The van der Waals surface area contributed by atoms with Gasteiger partial charge in [0.2, 0.25) is 0 Å². The van der Waals surface area contributed by atoms with E-state index in [1.165, 1.54) is 20.3 Å². The molecule has 0 fully saturated rings. The summed E-state index contributed by atoms with van der Waals surface area (Å²) in [5.74, 6) is 0.284. The lowest BCUT2D eigenvalue weighted by Gasteiger charge is -2.15. The molecule has 0 aromatic heterocycles. The third-order valence-electron chi connectivity index (χ3n) is 3.04. The van der Waals surface area contributed by atoms with Gasteiger partial charge in [-0.1, -0.05) is 46.9 Å². The second-order valence-corrected chi connectivity index (χ2v) is 6.47. The third-order valence-corrected chi connectivity index (χ3v) is 4.86. The van der Waals surface area contributed by atoms with Crippen LogP contribution in [0.1, 0.15) is 11.1 Å². The van der Waals surface area contributed by atoms with Crippen molar-refractivity contribution < 1.29 is 4.79 Å². The summed E-state index contributed by atoms with van der Waals surface area (Å²) in [4.78, 5) is 12.1. The van der Waals surface area contributed by atoms with E-state index in [0.29, 0.717) is 0 Å². The van der Waals surface area contributed by atoms with Crippen LogP contribution in [0.2, 0.25) is 0 Å². The largest absolute Gasteiger partial charge is 0.293 e. The van der Waals surface area contributed by atoms with Gasteiger partial charge in [-0.2, -0.15) is 0 Å². The van der Waals surface area contributed by atoms with Gasteiger partial charge in [0.25, 0.3) is 0 Å². The lowest BCUT2D eigenvalue weighted by Crippen LogP contribution is -2.18. The molecule has 0 amide bonds. The molecule has 3 heteroatoms. The summed E-state index contributed by atoms with van der Waals surface area (Å²) in [7, 11) is 0. The molecule has 1 aromatic rings. The highest BCUT2D eigenvalue weighted by Crippen LogP contribution is 2.44. The van der Waals surface area contributed by atoms with Crippen LogP contribution in [-0.2, 0) is 11.2 Å². The van der Waals surface area contributed by atoms with E-state index in [0.717, 1.165) is 12.0 Å². The quantitative estimate of drug-likeness (QED) is 0.450. The number of carbonyl (C=O) groups excluding carboxylic acids is 1. The maximum atomic E-state index is 12.1. The Hall–Kier alpha value is -0.170. The summed E-state index contributed by atoms with van der Waals surface area (Å²) in [6.45, 7) is 0. The van der Waals surface area contributed by atoms with Gasteiger partial charge in [-0.3, -0.25) is 4.79 Å². The van der Waals surface area contributed by atoms with Gasteiger partial charge in [0, 0.05) is 21.1 Å². The molecule has 0 N–H and O–H groups in total. The summed E-state index contributed by atoms with van der Waals surface area (Å²) in [5, 5.41) is 0. The number of allylic oxidation sites excluding steroid dienone is 4. The molecule has 3 rings (SSSR count). The minimum absolute atomic E-state index is 0.0116. The Morgan fingerprint density at radius 1 is 1.25 bits per heavy atom. The zero-order valence-corrected chi connectivity index (χ0v) is 12.7. The van der Waals surface area contributed by atoms with Crippen molar-refractivity contribution >= 4 is 56.5 Å². The lowest BCUT2D eigenvalue weighted by molar-refractivity contribution is -0.114. The fourth-order valence-electron chi connectivity index (χ4n) is 2.30. The van der Waals surface area contributed by atoms with Crippen LogP contribution in [0.25, 0.3) is 5.57 Å². The minimum atomic E-state index is 0.0116. The smallest absolute Gasteiger partial charge is 0.176 e. The van der Waals surface area contributed by atoms with Gasteiger partial charge in [-0.25, -0.2) is 0 Å². The number of hydrogen-bond donors (Lipinski definition) is 0. The molecule has 1 aromatic carbocycles. The van der Waals surface area contributed by atoms with E-state index in [9.17, 15) is 4.79 Å². The van der Waals surface area contributed by atoms with Crippen molar-refractivity contribution in [3.8, 4) is 0 Å². The number of hydrogen-bond acceptors (Lipinski definition) is 1. The number of benzene rings is 1. The van der Waals surface area contributed by atoms with Gasteiger partial charge in [0.1, 0.15) is 0 Å². The molecule has 1 atom stereocenters. The molecule has 0 radical (unpaired) electrons.